The SMILES string of the molecule is Oc1c(Cc2ccccc2)cc(Cc2ccccc2)cc1Pc1ccccc1F. The predicted molar refractivity (Wildman–Crippen MR) is 121 cm³/mol. The van der Waals surface area contributed by atoms with E-state index in [0.717, 1.165) is 28.4 Å². The number of phenolic OH excluding ortho intramolecular Hbond substituents is 1. The van der Waals surface area contributed by atoms with E-state index >= 15 is 0 Å². The molecule has 0 saturated carbocycles. The molecule has 1 atom stereocenters. The van der Waals surface area contributed by atoms with Gasteiger partial charge in [0.1, 0.15) is 11.6 Å². The van der Waals surface area contributed by atoms with Crippen molar-refractivity contribution in [1.82, 2.24) is 0 Å². The van der Waals surface area contributed by atoms with Gasteiger partial charge in [-0.15, -0.1) is 0 Å². The summed E-state index contributed by atoms with van der Waals surface area (Å²) in [4.78, 5) is 0. The lowest BCUT2D eigenvalue weighted by Crippen LogP contribution is -2.10. The Labute approximate surface area is 172 Å². The average Bonchev–Trinajstić information content (AvgIpc) is 2.74. The fourth-order valence-corrected chi connectivity index (χ4v) is 4.66. The number of phenols is 1. The second-order valence-electron chi connectivity index (χ2n) is 7.08. The van der Waals surface area contributed by atoms with E-state index in [1.165, 1.54) is 11.6 Å². The molecular formula is C26H22FOP. The summed E-state index contributed by atoms with van der Waals surface area (Å²) in [6, 6.07) is 31.2. The van der Waals surface area contributed by atoms with E-state index in [2.05, 4.69) is 30.3 Å². The predicted octanol–water partition coefficient (Wildman–Crippen LogP) is 5.34. The molecule has 0 aliphatic rings. The molecule has 4 aromatic carbocycles. The van der Waals surface area contributed by atoms with E-state index in [9.17, 15) is 9.50 Å². The van der Waals surface area contributed by atoms with Gasteiger partial charge in [-0.3, -0.25) is 0 Å². The van der Waals surface area contributed by atoms with Crippen LogP contribution < -0.4 is 10.6 Å². The Morgan fingerprint density at radius 2 is 1.21 bits per heavy atom. The van der Waals surface area contributed by atoms with Crippen LogP contribution in [-0.4, -0.2) is 5.11 Å². The van der Waals surface area contributed by atoms with Crippen LogP contribution in [0.15, 0.2) is 97.1 Å². The Morgan fingerprint density at radius 3 is 1.86 bits per heavy atom. The maximum Gasteiger partial charge on any atom is 0.130 e. The fourth-order valence-electron chi connectivity index (χ4n) is 3.45. The highest BCUT2D eigenvalue weighted by Crippen LogP contribution is 2.28. The van der Waals surface area contributed by atoms with Gasteiger partial charge in [0.2, 0.25) is 0 Å². The molecule has 0 aliphatic heterocycles. The van der Waals surface area contributed by atoms with Crippen molar-refractivity contribution in [1.29, 1.82) is 0 Å². The van der Waals surface area contributed by atoms with E-state index < -0.39 is 0 Å². The van der Waals surface area contributed by atoms with Gasteiger partial charge in [0, 0.05) is 17.0 Å². The first kappa shape index (κ1) is 19.4. The highest BCUT2D eigenvalue weighted by molar-refractivity contribution is 7.55. The number of aromatic hydroxyl groups is 1. The fraction of sp³-hybridized carbons (Fsp3) is 0.0769. The van der Waals surface area contributed by atoms with Crippen molar-refractivity contribution in [3.8, 4) is 5.75 Å². The number of halogens is 1. The molecule has 0 fully saturated rings. The van der Waals surface area contributed by atoms with Gasteiger partial charge in [-0.1, -0.05) is 93.5 Å². The highest BCUT2D eigenvalue weighted by Gasteiger charge is 2.13. The second-order valence-corrected chi connectivity index (χ2v) is 8.41. The van der Waals surface area contributed by atoms with Crippen molar-refractivity contribution in [2.75, 3.05) is 0 Å². The Hall–Kier alpha value is -2.96. The summed E-state index contributed by atoms with van der Waals surface area (Å²) >= 11 is 0. The molecular weight excluding hydrogens is 378 g/mol. The Bertz CT molecular complexity index is 1090. The third-order valence-electron chi connectivity index (χ3n) is 4.88. The van der Waals surface area contributed by atoms with E-state index in [4.69, 9.17) is 0 Å². The van der Waals surface area contributed by atoms with Crippen LogP contribution in [0.1, 0.15) is 22.3 Å². The molecule has 29 heavy (non-hydrogen) atoms. The maximum absolute atomic E-state index is 14.2. The number of hydrogen-bond donors (Lipinski definition) is 1. The van der Waals surface area contributed by atoms with Gasteiger partial charge in [0.05, 0.1) is 0 Å². The smallest absolute Gasteiger partial charge is 0.130 e. The number of hydrogen-bond acceptors (Lipinski definition) is 1. The molecule has 0 saturated heterocycles. The molecule has 1 nitrogen and oxygen atoms in total. The minimum atomic E-state index is -0.233. The zero-order valence-electron chi connectivity index (χ0n) is 16.0. The van der Waals surface area contributed by atoms with Crippen molar-refractivity contribution in [3.63, 3.8) is 0 Å². The third-order valence-corrected chi connectivity index (χ3v) is 6.21. The quantitative estimate of drug-likeness (QED) is 0.433. The van der Waals surface area contributed by atoms with Crippen LogP contribution in [0, 0.1) is 5.82 Å². The van der Waals surface area contributed by atoms with E-state index in [1.807, 2.05) is 48.5 Å². The van der Waals surface area contributed by atoms with Crippen LogP contribution in [0.5, 0.6) is 5.75 Å². The Kier molecular flexibility index (Phi) is 6.03. The normalized spacial score (nSPS) is 11.2. The maximum atomic E-state index is 14.2. The number of benzene rings is 4. The monoisotopic (exact) mass is 400 g/mol. The average molecular weight is 400 g/mol. The van der Waals surface area contributed by atoms with Crippen LogP contribution in [0.25, 0.3) is 0 Å². The minimum absolute atomic E-state index is 0.0636. The second kappa shape index (κ2) is 9.03. The first-order valence-corrected chi connectivity index (χ1v) is 10.6. The van der Waals surface area contributed by atoms with Gasteiger partial charge in [0.25, 0.3) is 0 Å². The molecule has 0 heterocycles. The third kappa shape index (κ3) is 4.91. The van der Waals surface area contributed by atoms with Crippen molar-refractivity contribution in [3.05, 3.63) is 125 Å². The van der Waals surface area contributed by atoms with Crippen LogP contribution in [0.4, 0.5) is 4.39 Å². The lowest BCUT2D eigenvalue weighted by atomic mass is 9.98. The van der Waals surface area contributed by atoms with Crippen molar-refractivity contribution in [2.24, 2.45) is 0 Å². The Morgan fingerprint density at radius 1 is 0.621 bits per heavy atom. The molecule has 0 spiro atoms. The van der Waals surface area contributed by atoms with Crippen LogP contribution in [0.2, 0.25) is 0 Å². The van der Waals surface area contributed by atoms with Crippen LogP contribution >= 0.6 is 8.58 Å². The lowest BCUT2D eigenvalue weighted by molar-refractivity contribution is 0.474. The lowest BCUT2D eigenvalue weighted by Gasteiger charge is -2.14. The molecule has 4 rings (SSSR count). The molecule has 1 unspecified atom stereocenters. The molecule has 0 radical (unpaired) electrons. The summed E-state index contributed by atoms with van der Waals surface area (Å²) in [6.45, 7) is 0. The summed E-state index contributed by atoms with van der Waals surface area (Å²) in [6.07, 6.45) is 1.42. The number of rotatable bonds is 6. The van der Waals surface area contributed by atoms with Crippen molar-refractivity contribution < 1.29 is 9.50 Å². The first-order valence-electron chi connectivity index (χ1n) is 9.63. The highest BCUT2D eigenvalue weighted by atomic mass is 31.1. The van der Waals surface area contributed by atoms with Gasteiger partial charge in [-0.05, 0) is 40.8 Å². The van der Waals surface area contributed by atoms with Gasteiger partial charge >= 0.3 is 0 Å². The molecule has 0 amide bonds. The first-order chi connectivity index (χ1) is 14.2. The largest absolute Gasteiger partial charge is 0.507 e. The van der Waals surface area contributed by atoms with Gasteiger partial charge < -0.3 is 5.11 Å². The zero-order chi connectivity index (χ0) is 20.1. The minimum Gasteiger partial charge on any atom is -0.507 e. The topological polar surface area (TPSA) is 20.2 Å². The molecule has 4 aromatic rings. The molecule has 0 aromatic heterocycles. The summed E-state index contributed by atoms with van der Waals surface area (Å²) < 4.78 is 14.2. The molecule has 144 valence electrons. The van der Waals surface area contributed by atoms with Gasteiger partial charge in [-0.2, -0.15) is 0 Å². The van der Waals surface area contributed by atoms with E-state index in [1.54, 1.807) is 12.1 Å². The standard InChI is InChI=1S/C26H22FOP/c27-23-13-7-8-14-24(23)29-25-18-21(15-19-9-3-1-4-10-19)17-22(26(25)28)16-20-11-5-2-6-12-20/h1-14,17-18,28-29H,15-16H2. The summed E-state index contributed by atoms with van der Waals surface area (Å²) in [5, 5.41) is 12.4. The van der Waals surface area contributed by atoms with Gasteiger partial charge in [-0.25, -0.2) is 4.39 Å². The Balaban J connectivity index is 1.73. The molecule has 0 aliphatic carbocycles. The molecule has 3 heteroatoms. The summed E-state index contributed by atoms with van der Waals surface area (Å²) in [5.41, 5.74) is 4.35. The molecule has 0 bridgehead atoms. The van der Waals surface area contributed by atoms with Crippen molar-refractivity contribution >= 4 is 19.2 Å². The van der Waals surface area contributed by atoms with E-state index in [0.29, 0.717) is 11.7 Å². The summed E-state index contributed by atoms with van der Waals surface area (Å²) in [7, 11) is 0.0636. The molecule has 1 N–H and O–H groups in total. The zero-order valence-corrected chi connectivity index (χ0v) is 17.0. The van der Waals surface area contributed by atoms with Crippen LogP contribution in [0.3, 0.4) is 0 Å². The van der Waals surface area contributed by atoms with E-state index in [-0.39, 0.29) is 20.1 Å². The van der Waals surface area contributed by atoms with Crippen LogP contribution in [-0.2, 0) is 12.8 Å². The van der Waals surface area contributed by atoms with Gasteiger partial charge in [0.15, 0.2) is 0 Å². The summed E-state index contributed by atoms with van der Waals surface area (Å²) in [5.74, 6) is 0.0376. The van der Waals surface area contributed by atoms with Crippen molar-refractivity contribution in [2.45, 2.75) is 12.8 Å².